The Balaban J connectivity index is 1.55. The van der Waals surface area contributed by atoms with Crippen molar-refractivity contribution in [1.29, 1.82) is 0 Å². The minimum Gasteiger partial charge on any atom is -0.454 e. The fourth-order valence-corrected chi connectivity index (χ4v) is 2.68. The highest BCUT2D eigenvalue weighted by Crippen LogP contribution is 2.32. The van der Waals surface area contributed by atoms with Crippen LogP contribution in [0, 0.1) is 0 Å². The molecule has 5 nitrogen and oxygen atoms in total. The van der Waals surface area contributed by atoms with E-state index in [4.69, 9.17) is 21.1 Å². The van der Waals surface area contributed by atoms with Gasteiger partial charge in [-0.1, -0.05) is 23.7 Å². The number of anilines is 1. The molecule has 1 heterocycles. The molecular formula is C17H18ClN2O3+. The van der Waals surface area contributed by atoms with Crippen molar-refractivity contribution in [3.05, 3.63) is 53.1 Å². The fourth-order valence-electron chi connectivity index (χ4n) is 2.49. The Morgan fingerprint density at radius 3 is 2.83 bits per heavy atom. The van der Waals surface area contributed by atoms with Gasteiger partial charge < -0.3 is 19.7 Å². The molecule has 0 bridgehead atoms. The largest absolute Gasteiger partial charge is 0.454 e. The predicted octanol–water partition coefficient (Wildman–Crippen LogP) is 1.72. The quantitative estimate of drug-likeness (QED) is 0.876. The highest BCUT2D eigenvalue weighted by Gasteiger charge is 2.16. The second-order valence-corrected chi connectivity index (χ2v) is 5.93. The van der Waals surface area contributed by atoms with Gasteiger partial charge in [-0.3, -0.25) is 4.79 Å². The van der Waals surface area contributed by atoms with Gasteiger partial charge in [0, 0.05) is 5.56 Å². The van der Waals surface area contributed by atoms with Crippen LogP contribution in [0.15, 0.2) is 42.5 Å². The lowest BCUT2D eigenvalue weighted by Gasteiger charge is -2.14. The molecule has 0 saturated carbocycles. The van der Waals surface area contributed by atoms with Gasteiger partial charge in [0.25, 0.3) is 5.91 Å². The van der Waals surface area contributed by atoms with Crippen LogP contribution in [0.5, 0.6) is 11.5 Å². The van der Waals surface area contributed by atoms with Crippen molar-refractivity contribution < 1.29 is 19.2 Å². The van der Waals surface area contributed by atoms with Gasteiger partial charge in [-0.2, -0.15) is 0 Å². The Kier molecular flexibility index (Phi) is 4.69. The summed E-state index contributed by atoms with van der Waals surface area (Å²) in [6, 6.07) is 13.0. The van der Waals surface area contributed by atoms with Gasteiger partial charge in [-0.15, -0.1) is 0 Å². The summed E-state index contributed by atoms with van der Waals surface area (Å²) in [5, 5.41) is 3.37. The van der Waals surface area contributed by atoms with Gasteiger partial charge in [0.05, 0.1) is 17.8 Å². The van der Waals surface area contributed by atoms with Crippen LogP contribution in [0.4, 0.5) is 5.69 Å². The predicted molar refractivity (Wildman–Crippen MR) is 88.1 cm³/mol. The van der Waals surface area contributed by atoms with E-state index in [2.05, 4.69) is 5.32 Å². The Hall–Kier alpha value is -2.24. The first kappa shape index (κ1) is 15.6. The number of quaternary nitrogens is 1. The van der Waals surface area contributed by atoms with Crippen LogP contribution < -0.4 is 19.7 Å². The summed E-state index contributed by atoms with van der Waals surface area (Å²) in [7, 11) is 1.97. The molecule has 1 atom stereocenters. The number of para-hydroxylation sites is 1. The number of halogens is 1. The SMILES string of the molecule is C[NH+](CC(=O)Nc1ccccc1Cl)Cc1ccc2c(c1)OCO2. The van der Waals surface area contributed by atoms with E-state index >= 15 is 0 Å². The third-order valence-electron chi connectivity index (χ3n) is 3.55. The standard InChI is InChI=1S/C17H17ClN2O3/c1-20(9-12-6-7-15-16(8-12)23-11-22-15)10-17(21)19-14-5-3-2-4-13(14)18/h2-8H,9-11H2,1H3,(H,19,21)/p+1. The van der Waals surface area contributed by atoms with Crippen LogP contribution in [0.3, 0.4) is 0 Å². The molecule has 23 heavy (non-hydrogen) atoms. The lowest BCUT2D eigenvalue weighted by Crippen LogP contribution is -3.08. The summed E-state index contributed by atoms with van der Waals surface area (Å²) in [4.78, 5) is 13.2. The van der Waals surface area contributed by atoms with Crippen LogP contribution in [-0.4, -0.2) is 26.3 Å². The maximum absolute atomic E-state index is 12.1. The average Bonchev–Trinajstić information content (AvgIpc) is 2.97. The summed E-state index contributed by atoms with van der Waals surface area (Å²) in [5.74, 6) is 1.45. The maximum atomic E-state index is 12.1. The van der Waals surface area contributed by atoms with E-state index in [-0.39, 0.29) is 12.7 Å². The zero-order valence-corrected chi connectivity index (χ0v) is 13.5. The van der Waals surface area contributed by atoms with E-state index in [1.807, 2.05) is 37.4 Å². The maximum Gasteiger partial charge on any atom is 0.279 e. The van der Waals surface area contributed by atoms with Crippen LogP contribution >= 0.6 is 11.6 Å². The van der Waals surface area contributed by atoms with E-state index in [0.717, 1.165) is 22.0 Å². The number of hydrogen-bond acceptors (Lipinski definition) is 3. The number of benzene rings is 2. The molecule has 1 aliphatic rings. The summed E-state index contributed by atoms with van der Waals surface area (Å²) in [6.45, 7) is 1.33. The molecule has 1 unspecified atom stereocenters. The first-order valence-electron chi connectivity index (χ1n) is 7.36. The number of rotatable bonds is 5. The summed E-state index contributed by atoms with van der Waals surface area (Å²) >= 11 is 6.04. The molecule has 0 spiro atoms. The van der Waals surface area contributed by atoms with Crippen LogP contribution in [-0.2, 0) is 11.3 Å². The number of ether oxygens (including phenoxy) is 2. The molecule has 0 aromatic heterocycles. The first-order chi connectivity index (χ1) is 11.1. The molecule has 1 aliphatic heterocycles. The van der Waals surface area contributed by atoms with Crippen molar-refractivity contribution in [2.45, 2.75) is 6.54 Å². The zero-order chi connectivity index (χ0) is 16.2. The molecule has 2 N–H and O–H groups in total. The molecule has 6 heteroatoms. The molecule has 2 aromatic rings. The Morgan fingerprint density at radius 2 is 2.00 bits per heavy atom. The molecule has 3 rings (SSSR count). The number of fused-ring (bicyclic) bond motifs is 1. The second-order valence-electron chi connectivity index (χ2n) is 5.53. The van der Waals surface area contributed by atoms with Gasteiger partial charge in [0.1, 0.15) is 6.54 Å². The van der Waals surface area contributed by atoms with Gasteiger partial charge in [-0.25, -0.2) is 0 Å². The fraction of sp³-hybridized carbons (Fsp3) is 0.235. The molecule has 120 valence electrons. The zero-order valence-electron chi connectivity index (χ0n) is 12.8. The number of likely N-dealkylation sites (N-methyl/N-ethyl adjacent to an activating group) is 1. The molecule has 0 saturated heterocycles. The van der Waals surface area contributed by atoms with Crippen molar-refractivity contribution in [2.24, 2.45) is 0 Å². The van der Waals surface area contributed by atoms with E-state index in [9.17, 15) is 4.79 Å². The van der Waals surface area contributed by atoms with E-state index in [1.54, 1.807) is 12.1 Å². The highest BCUT2D eigenvalue weighted by atomic mass is 35.5. The summed E-state index contributed by atoms with van der Waals surface area (Å²) in [6.07, 6.45) is 0. The van der Waals surface area contributed by atoms with Gasteiger partial charge in [0.15, 0.2) is 18.0 Å². The Morgan fingerprint density at radius 1 is 1.22 bits per heavy atom. The number of hydrogen-bond donors (Lipinski definition) is 2. The highest BCUT2D eigenvalue weighted by molar-refractivity contribution is 6.33. The van der Waals surface area contributed by atoms with Crippen LogP contribution in [0.1, 0.15) is 5.56 Å². The Bertz CT molecular complexity index is 721. The van der Waals surface area contributed by atoms with E-state index in [1.165, 1.54) is 0 Å². The van der Waals surface area contributed by atoms with Crippen LogP contribution in [0.2, 0.25) is 5.02 Å². The monoisotopic (exact) mass is 333 g/mol. The smallest absolute Gasteiger partial charge is 0.279 e. The third kappa shape index (κ3) is 3.94. The number of amides is 1. The van der Waals surface area contributed by atoms with Gasteiger partial charge in [0.2, 0.25) is 6.79 Å². The molecule has 1 amide bonds. The van der Waals surface area contributed by atoms with E-state index in [0.29, 0.717) is 23.8 Å². The van der Waals surface area contributed by atoms with Crippen molar-refractivity contribution >= 4 is 23.2 Å². The normalized spacial score (nSPS) is 13.7. The summed E-state index contributed by atoms with van der Waals surface area (Å²) in [5.41, 5.74) is 1.73. The average molecular weight is 334 g/mol. The van der Waals surface area contributed by atoms with E-state index < -0.39 is 0 Å². The summed E-state index contributed by atoms with van der Waals surface area (Å²) < 4.78 is 10.7. The first-order valence-corrected chi connectivity index (χ1v) is 7.74. The van der Waals surface area contributed by atoms with Crippen LogP contribution in [0.25, 0.3) is 0 Å². The molecule has 2 aromatic carbocycles. The second kappa shape index (κ2) is 6.89. The Labute approximate surface area is 139 Å². The molecule has 0 aliphatic carbocycles. The van der Waals surface area contributed by atoms with Crippen molar-refractivity contribution in [2.75, 3.05) is 25.7 Å². The molecular weight excluding hydrogens is 316 g/mol. The molecule has 0 radical (unpaired) electrons. The van der Waals surface area contributed by atoms with Crippen molar-refractivity contribution in [3.8, 4) is 11.5 Å². The number of nitrogens with one attached hydrogen (secondary N) is 2. The van der Waals surface area contributed by atoms with Gasteiger partial charge >= 0.3 is 0 Å². The lowest BCUT2D eigenvalue weighted by atomic mass is 10.2. The topological polar surface area (TPSA) is 52.0 Å². The third-order valence-corrected chi connectivity index (χ3v) is 3.88. The van der Waals surface area contributed by atoms with Crippen molar-refractivity contribution in [1.82, 2.24) is 0 Å². The number of carbonyl (C=O) groups excluding carboxylic acids is 1. The lowest BCUT2D eigenvalue weighted by molar-refractivity contribution is -0.885. The van der Waals surface area contributed by atoms with Gasteiger partial charge in [-0.05, 0) is 30.3 Å². The molecule has 0 fully saturated rings. The van der Waals surface area contributed by atoms with Crippen molar-refractivity contribution in [3.63, 3.8) is 0 Å². The number of carbonyl (C=O) groups is 1. The minimum absolute atomic E-state index is 0.0728. The minimum atomic E-state index is -0.0728.